The number of anilines is 2. The molecule has 1 heterocycles. The smallest absolute Gasteiger partial charge is 0.321 e. The molecule has 4 rings (SSSR count). The number of sulfone groups is 1. The minimum atomic E-state index is -4.23. The van der Waals surface area contributed by atoms with Crippen molar-refractivity contribution in [3.8, 4) is 5.75 Å². The predicted octanol–water partition coefficient (Wildman–Crippen LogP) is 4.78. The highest BCUT2D eigenvalue weighted by molar-refractivity contribution is 7.91. The van der Waals surface area contributed by atoms with E-state index in [4.69, 9.17) is 16.3 Å². The van der Waals surface area contributed by atoms with Gasteiger partial charge in [-0.2, -0.15) is 0 Å². The first-order chi connectivity index (χ1) is 19.5. The molecule has 3 N–H and O–H groups in total. The largest absolute Gasteiger partial charge is 0.494 e. The van der Waals surface area contributed by atoms with Gasteiger partial charge < -0.3 is 25.6 Å². The number of hydrogen-bond donors (Lipinski definition) is 3. The molecule has 0 aromatic heterocycles. The molecule has 0 fully saturated rings. The standard InChI is InChI=1S/C29H31ClN4O6S/c1-5-34(6-2)28(37)31-19-12-14-21(15-13-19)41(38,39)25-17-20(40-7-3)16-23-26(25)32-27(36)29(23,33-18(4)35)22-10-8-9-11-24(22)30/h8-17H,5-7H2,1-4H3,(H,31,37)(H,32,36)(H,33,35). The molecule has 0 bridgehead atoms. The fourth-order valence-electron chi connectivity index (χ4n) is 4.85. The van der Waals surface area contributed by atoms with Crippen molar-refractivity contribution >= 4 is 50.7 Å². The fraction of sp³-hybridized carbons (Fsp3) is 0.276. The SMILES string of the molecule is CCOc1cc2c(c(S(=O)(=O)c3ccc(NC(=O)N(CC)CC)cc3)c1)NC(=O)C2(NC(C)=O)c1ccccc1Cl. The van der Waals surface area contributed by atoms with Crippen LogP contribution in [0.1, 0.15) is 38.8 Å². The lowest BCUT2D eigenvalue weighted by molar-refractivity contribution is -0.127. The maximum atomic E-state index is 14.0. The number of ether oxygens (including phenoxy) is 1. The highest BCUT2D eigenvalue weighted by Gasteiger charge is 2.52. The Morgan fingerprint density at radius 1 is 1.00 bits per heavy atom. The molecule has 4 amide bonds. The van der Waals surface area contributed by atoms with E-state index < -0.39 is 27.2 Å². The first kappa shape index (κ1) is 29.9. The third kappa shape index (κ3) is 5.47. The number of amides is 4. The van der Waals surface area contributed by atoms with Crippen molar-refractivity contribution in [3.05, 3.63) is 76.8 Å². The van der Waals surface area contributed by atoms with Crippen molar-refractivity contribution in [1.29, 1.82) is 0 Å². The topological polar surface area (TPSA) is 134 Å². The summed E-state index contributed by atoms with van der Waals surface area (Å²) in [7, 11) is -4.23. The highest BCUT2D eigenvalue weighted by Crippen LogP contribution is 2.48. The summed E-state index contributed by atoms with van der Waals surface area (Å²) in [5.74, 6) is -1.01. The Balaban J connectivity index is 1.87. The van der Waals surface area contributed by atoms with Gasteiger partial charge in [0.05, 0.1) is 22.1 Å². The molecule has 3 aromatic rings. The lowest BCUT2D eigenvalue weighted by Crippen LogP contribution is -2.51. The van der Waals surface area contributed by atoms with Crippen LogP contribution in [-0.2, 0) is 25.0 Å². The van der Waals surface area contributed by atoms with E-state index in [0.29, 0.717) is 18.8 Å². The highest BCUT2D eigenvalue weighted by atomic mass is 35.5. The van der Waals surface area contributed by atoms with Crippen LogP contribution < -0.4 is 20.7 Å². The van der Waals surface area contributed by atoms with Crippen LogP contribution in [0.4, 0.5) is 16.2 Å². The molecule has 1 atom stereocenters. The number of carbonyl (C=O) groups is 3. The van der Waals surface area contributed by atoms with E-state index in [9.17, 15) is 22.8 Å². The zero-order valence-electron chi connectivity index (χ0n) is 23.1. The van der Waals surface area contributed by atoms with Gasteiger partial charge in [-0.1, -0.05) is 29.8 Å². The van der Waals surface area contributed by atoms with Crippen molar-refractivity contribution in [2.45, 2.75) is 43.0 Å². The van der Waals surface area contributed by atoms with Crippen molar-refractivity contribution in [3.63, 3.8) is 0 Å². The van der Waals surface area contributed by atoms with Crippen molar-refractivity contribution < 1.29 is 27.5 Å². The molecule has 12 heteroatoms. The molecule has 0 radical (unpaired) electrons. The van der Waals surface area contributed by atoms with Gasteiger partial charge in [0, 0.05) is 47.9 Å². The van der Waals surface area contributed by atoms with E-state index >= 15 is 0 Å². The first-order valence-corrected chi connectivity index (χ1v) is 14.9. The van der Waals surface area contributed by atoms with Gasteiger partial charge in [-0.3, -0.25) is 9.59 Å². The van der Waals surface area contributed by atoms with E-state index in [1.54, 1.807) is 36.1 Å². The van der Waals surface area contributed by atoms with E-state index in [0.717, 1.165) is 0 Å². The second-order valence-electron chi connectivity index (χ2n) is 9.27. The maximum Gasteiger partial charge on any atom is 0.321 e. The van der Waals surface area contributed by atoms with Crippen LogP contribution in [0.2, 0.25) is 5.02 Å². The molecular weight excluding hydrogens is 568 g/mol. The third-order valence-electron chi connectivity index (χ3n) is 6.77. The molecule has 0 aliphatic carbocycles. The molecule has 10 nitrogen and oxygen atoms in total. The Hall–Kier alpha value is -4.09. The summed E-state index contributed by atoms with van der Waals surface area (Å²) in [4.78, 5) is 39.9. The number of rotatable bonds is 9. The summed E-state index contributed by atoms with van der Waals surface area (Å²) in [5.41, 5.74) is -0.927. The normalized spacial score (nSPS) is 16.0. The van der Waals surface area contributed by atoms with Gasteiger partial charge >= 0.3 is 6.03 Å². The third-order valence-corrected chi connectivity index (χ3v) is 8.89. The number of nitrogens with zero attached hydrogens (tertiary/aromatic N) is 1. The second-order valence-corrected chi connectivity index (χ2v) is 11.6. The quantitative estimate of drug-likeness (QED) is 0.325. The van der Waals surface area contributed by atoms with E-state index in [-0.39, 0.29) is 50.0 Å². The Kier molecular flexibility index (Phi) is 8.60. The molecule has 1 unspecified atom stereocenters. The molecule has 3 aromatic carbocycles. The molecule has 1 aliphatic heterocycles. The van der Waals surface area contributed by atoms with Gasteiger partial charge in [-0.15, -0.1) is 0 Å². The Bertz CT molecular complexity index is 1610. The van der Waals surface area contributed by atoms with Gasteiger partial charge in [-0.05, 0) is 57.2 Å². The van der Waals surface area contributed by atoms with Crippen LogP contribution in [0.15, 0.2) is 70.5 Å². The molecule has 0 saturated heterocycles. The summed E-state index contributed by atoms with van der Waals surface area (Å²) in [6.07, 6.45) is 0. The summed E-state index contributed by atoms with van der Waals surface area (Å²) >= 11 is 6.51. The zero-order valence-corrected chi connectivity index (χ0v) is 24.7. The Morgan fingerprint density at radius 2 is 1.66 bits per heavy atom. The molecular formula is C29H31ClN4O6S. The van der Waals surface area contributed by atoms with Gasteiger partial charge in [0.1, 0.15) is 5.75 Å². The van der Waals surface area contributed by atoms with Crippen LogP contribution >= 0.6 is 11.6 Å². The number of urea groups is 1. The predicted molar refractivity (Wildman–Crippen MR) is 156 cm³/mol. The van der Waals surface area contributed by atoms with Crippen LogP contribution in [0.5, 0.6) is 5.75 Å². The molecule has 41 heavy (non-hydrogen) atoms. The van der Waals surface area contributed by atoms with Gasteiger partial charge in [0.25, 0.3) is 5.91 Å². The minimum Gasteiger partial charge on any atom is -0.494 e. The zero-order chi connectivity index (χ0) is 29.9. The van der Waals surface area contributed by atoms with Crippen LogP contribution in [0.25, 0.3) is 0 Å². The van der Waals surface area contributed by atoms with E-state index in [1.807, 2.05) is 13.8 Å². The summed E-state index contributed by atoms with van der Waals surface area (Å²) in [5, 5.41) is 8.36. The minimum absolute atomic E-state index is 0.00559. The van der Waals surface area contributed by atoms with Crippen molar-refractivity contribution in [2.24, 2.45) is 0 Å². The average Bonchev–Trinajstić information content (AvgIpc) is 3.20. The number of halogens is 1. The molecule has 216 valence electrons. The lowest BCUT2D eigenvalue weighted by atomic mass is 9.83. The maximum absolute atomic E-state index is 14.0. The van der Waals surface area contributed by atoms with Gasteiger partial charge in [0.15, 0.2) is 5.54 Å². The molecule has 1 aliphatic rings. The lowest BCUT2D eigenvalue weighted by Gasteiger charge is -2.30. The second kappa shape index (κ2) is 11.8. The molecule has 0 spiro atoms. The number of benzene rings is 3. The Morgan fingerprint density at radius 3 is 2.24 bits per heavy atom. The average molecular weight is 599 g/mol. The monoisotopic (exact) mass is 598 g/mol. The van der Waals surface area contributed by atoms with Crippen LogP contribution in [0.3, 0.4) is 0 Å². The number of nitrogens with one attached hydrogen (secondary N) is 3. The Labute approximate surface area is 243 Å². The summed E-state index contributed by atoms with van der Waals surface area (Å²) < 4.78 is 33.7. The van der Waals surface area contributed by atoms with E-state index in [2.05, 4.69) is 16.0 Å². The van der Waals surface area contributed by atoms with Crippen LogP contribution in [-0.4, -0.2) is 50.9 Å². The summed E-state index contributed by atoms with van der Waals surface area (Å²) in [6, 6.07) is 14.8. The summed E-state index contributed by atoms with van der Waals surface area (Å²) in [6.45, 7) is 7.99. The number of carbonyl (C=O) groups excluding carboxylic acids is 3. The fourth-order valence-corrected chi connectivity index (χ4v) is 6.58. The number of hydrogen-bond acceptors (Lipinski definition) is 6. The van der Waals surface area contributed by atoms with Crippen LogP contribution in [0, 0.1) is 0 Å². The van der Waals surface area contributed by atoms with E-state index in [1.165, 1.54) is 43.3 Å². The van der Waals surface area contributed by atoms with Gasteiger partial charge in [-0.25, -0.2) is 13.2 Å². The van der Waals surface area contributed by atoms with Crippen molar-refractivity contribution in [1.82, 2.24) is 10.2 Å². The first-order valence-electron chi connectivity index (χ1n) is 13.1. The molecule has 0 saturated carbocycles. The van der Waals surface area contributed by atoms with Crippen molar-refractivity contribution in [2.75, 3.05) is 30.3 Å². The van der Waals surface area contributed by atoms with Gasteiger partial charge in [0.2, 0.25) is 15.7 Å². The number of fused-ring (bicyclic) bond motifs is 1.